The molecule has 1 atom stereocenters. The fourth-order valence-corrected chi connectivity index (χ4v) is 5.93. The van der Waals surface area contributed by atoms with Crippen molar-refractivity contribution in [2.45, 2.75) is 29.1 Å². The van der Waals surface area contributed by atoms with Crippen LogP contribution in [0.25, 0.3) is 10.9 Å². The summed E-state index contributed by atoms with van der Waals surface area (Å²) in [7, 11) is -3.70. The van der Waals surface area contributed by atoms with E-state index in [1.807, 2.05) is 0 Å². The molecule has 1 aliphatic rings. The molecule has 2 N–H and O–H groups in total. The van der Waals surface area contributed by atoms with Crippen LogP contribution in [0.4, 0.5) is 5.69 Å². The van der Waals surface area contributed by atoms with E-state index in [1.165, 1.54) is 10.4 Å². The van der Waals surface area contributed by atoms with E-state index in [4.69, 9.17) is 4.74 Å². The fourth-order valence-electron chi connectivity index (χ4n) is 3.47. The first kappa shape index (κ1) is 23.4. The van der Waals surface area contributed by atoms with Crippen molar-refractivity contribution in [2.75, 3.05) is 31.6 Å². The highest BCUT2D eigenvalue weighted by Crippen LogP contribution is 2.26. The number of sulfonamides is 1. The molecule has 9 nitrogen and oxygen atoms in total. The van der Waals surface area contributed by atoms with Crippen molar-refractivity contribution in [2.24, 2.45) is 0 Å². The number of nitrogens with one attached hydrogen (secondary N) is 2. The predicted octanol–water partition coefficient (Wildman–Crippen LogP) is 2.37. The summed E-state index contributed by atoms with van der Waals surface area (Å²) < 4.78 is 32.8. The number of ether oxygens (including phenoxy) is 1. The van der Waals surface area contributed by atoms with Crippen LogP contribution in [-0.4, -0.2) is 60.2 Å². The largest absolute Gasteiger partial charge is 0.379 e. The van der Waals surface area contributed by atoms with Gasteiger partial charge in [-0.15, -0.1) is 0 Å². The first-order valence-corrected chi connectivity index (χ1v) is 12.7. The molecule has 4 rings (SSSR count). The summed E-state index contributed by atoms with van der Waals surface area (Å²) in [5.41, 5.74) is 1.25. The molecule has 0 aliphatic carbocycles. The smallest absolute Gasteiger partial charge is 0.259 e. The lowest BCUT2D eigenvalue weighted by Crippen LogP contribution is -2.40. The number of rotatable bonds is 6. The number of carbonyl (C=O) groups excluding carboxylic acids is 1. The SMILES string of the molecule is Cc1ccc(NC(=O)[C@@H](C)Sc2nc3ccccc3c(=O)[nH]2)cc1S(=O)(=O)N1CCOCC1. The van der Waals surface area contributed by atoms with E-state index in [2.05, 4.69) is 15.3 Å². The molecule has 11 heteroatoms. The van der Waals surface area contributed by atoms with Gasteiger partial charge in [0.2, 0.25) is 15.9 Å². The Hall–Kier alpha value is -2.73. The molecule has 33 heavy (non-hydrogen) atoms. The number of nitrogens with zero attached hydrogens (tertiary/aromatic N) is 2. The average Bonchev–Trinajstić information content (AvgIpc) is 2.80. The van der Waals surface area contributed by atoms with Gasteiger partial charge >= 0.3 is 0 Å². The van der Waals surface area contributed by atoms with Gasteiger partial charge in [0.25, 0.3) is 5.56 Å². The van der Waals surface area contributed by atoms with Crippen LogP contribution in [0.1, 0.15) is 12.5 Å². The van der Waals surface area contributed by atoms with Gasteiger partial charge in [-0.05, 0) is 43.7 Å². The second-order valence-corrected chi connectivity index (χ2v) is 10.9. The Balaban J connectivity index is 1.50. The number of morpholine rings is 1. The van der Waals surface area contributed by atoms with Crippen LogP contribution in [-0.2, 0) is 19.6 Å². The maximum absolute atomic E-state index is 13.1. The summed E-state index contributed by atoms with van der Waals surface area (Å²) in [5.74, 6) is -0.339. The normalized spacial score (nSPS) is 15.9. The number of thioether (sulfide) groups is 1. The summed E-state index contributed by atoms with van der Waals surface area (Å²) in [6, 6.07) is 11.8. The van der Waals surface area contributed by atoms with Crippen LogP contribution in [0.15, 0.2) is 57.3 Å². The Morgan fingerprint density at radius 2 is 1.94 bits per heavy atom. The van der Waals surface area contributed by atoms with Crippen molar-refractivity contribution >= 4 is 44.3 Å². The second-order valence-electron chi connectivity index (χ2n) is 7.63. The maximum Gasteiger partial charge on any atom is 0.259 e. The third kappa shape index (κ3) is 5.11. The molecule has 1 aromatic heterocycles. The monoisotopic (exact) mass is 488 g/mol. The van der Waals surface area contributed by atoms with Gasteiger partial charge in [-0.1, -0.05) is 30.0 Å². The second kappa shape index (κ2) is 9.64. The van der Waals surface area contributed by atoms with Gasteiger partial charge in [-0.2, -0.15) is 4.31 Å². The molecule has 2 aromatic carbocycles. The molecule has 1 saturated heterocycles. The molecule has 0 spiro atoms. The summed E-state index contributed by atoms with van der Waals surface area (Å²) >= 11 is 1.12. The van der Waals surface area contributed by atoms with Gasteiger partial charge in [0.15, 0.2) is 5.16 Å². The van der Waals surface area contributed by atoms with Crippen molar-refractivity contribution in [1.29, 1.82) is 0 Å². The standard InChI is InChI=1S/C22H24N4O5S2/c1-14-7-8-16(13-19(14)33(29,30)26-9-11-31-12-10-26)23-20(27)15(2)32-22-24-18-6-4-3-5-17(18)21(28)25-22/h3-8,13,15H,9-12H2,1-2H3,(H,23,27)(H,24,25,28)/t15-/m1/s1. The topological polar surface area (TPSA) is 121 Å². The van der Waals surface area contributed by atoms with Gasteiger partial charge in [0.05, 0.1) is 34.3 Å². The van der Waals surface area contributed by atoms with Gasteiger partial charge in [-0.25, -0.2) is 13.4 Å². The molecule has 174 valence electrons. The summed E-state index contributed by atoms with van der Waals surface area (Å²) in [6.45, 7) is 4.71. The van der Waals surface area contributed by atoms with E-state index >= 15 is 0 Å². The number of para-hydroxylation sites is 1. The van der Waals surface area contributed by atoms with Gasteiger partial charge in [-0.3, -0.25) is 9.59 Å². The number of benzene rings is 2. The number of aromatic nitrogens is 2. The van der Waals surface area contributed by atoms with Crippen molar-refractivity contribution < 1.29 is 17.9 Å². The lowest BCUT2D eigenvalue weighted by Gasteiger charge is -2.27. The molecule has 0 radical (unpaired) electrons. The zero-order valence-electron chi connectivity index (χ0n) is 18.2. The fraction of sp³-hybridized carbons (Fsp3) is 0.318. The molecule has 3 aromatic rings. The first-order valence-electron chi connectivity index (χ1n) is 10.4. The minimum absolute atomic E-state index is 0.156. The summed E-state index contributed by atoms with van der Waals surface area (Å²) in [4.78, 5) is 32.3. The number of H-pyrrole nitrogens is 1. The Labute approximate surface area is 195 Å². The Bertz CT molecular complexity index is 1350. The molecule has 0 unspecified atom stereocenters. The van der Waals surface area contributed by atoms with E-state index in [0.29, 0.717) is 53.6 Å². The lowest BCUT2D eigenvalue weighted by molar-refractivity contribution is -0.115. The van der Waals surface area contributed by atoms with E-state index in [-0.39, 0.29) is 16.4 Å². The molecule has 2 heterocycles. The van der Waals surface area contributed by atoms with Gasteiger partial charge < -0.3 is 15.0 Å². The maximum atomic E-state index is 13.1. The highest BCUT2D eigenvalue weighted by molar-refractivity contribution is 8.00. The Kier molecular flexibility index (Phi) is 6.84. The van der Waals surface area contributed by atoms with Crippen LogP contribution in [0.5, 0.6) is 0 Å². The predicted molar refractivity (Wildman–Crippen MR) is 127 cm³/mol. The van der Waals surface area contributed by atoms with E-state index in [9.17, 15) is 18.0 Å². The minimum Gasteiger partial charge on any atom is -0.379 e. The van der Waals surface area contributed by atoms with Gasteiger partial charge in [0, 0.05) is 18.8 Å². The first-order chi connectivity index (χ1) is 15.8. The molecule has 1 aliphatic heterocycles. The number of carbonyl (C=O) groups is 1. The Morgan fingerprint density at radius 3 is 2.70 bits per heavy atom. The number of hydrogen-bond acceptors (Lipinski definition) is 7. The van der Waals surface area contributed by atoms with Crippen LogP contribution < -0.4 is 10.9 Å². The number of hydrogen-bond donors (Lipinski definition) is 2. The molecule has 0 bridgehead atoms. The molecule has 1 amide bonds. The van der Waals surface area contributed by atoms with Crippen LogP contribution >= 0.6 is 11.8 Å². The van der Waals surface area contributed by atoms with Gasteiger partial charge in [0.1, 0.15) is 0 Å². The molecular weight excluding hydrogens is 464 g/mol. The highest BCUT2D eigenvalue weighted by Gasteiger charge is 2.28. The number of fused-ring (bicyclic) bond motifs is 1. The van der Waals surface area contributed by atoms with E-state index in [1.54, 1.807) is 50.2 Å². The van der Waals surface area contributed by atoms with E-state index < -0.39 is 15.3 Å². The van der Waals surface area contributed by atoms with Crippen LogP contribution in [0, 0.1) is 6.92 Å². The Morgan fingerprint density at radius 1 is 1.21 bits per heavy atom. The zero-order valence-corrected chi connectivity index (χ0v) is 19.8. The van der Waals surface area contributed by atoms with Crippen molar-refractivity contribution in [3.8, 4) is 0 Å². The highest BCUT2D eigenvalue weighted by atomic mass is 32.2. The number of anilines is 1. The molecule has 1 fully saturated rings. The summed E-state index contributed by atoms with van der Waals surface area (Å²) in [5, 5.41) is 2.99. The number of amides is 1. The lowest BCUT2D eigenvalue weighted by atomic mass is 10.2. The molecular formula is C22H24N4O5S2. The van der Waals surface area contributed by atoms with E-state index in [0.717, 1.165) is 11.8 Å². The average molecular weight is 489 g/mol. The number of aromatic amines is 1. The van der Waals surface area contributed by atoms with Crippen molar-refractivity contribution in [1.82, 2.24) is 14.3 Å². The third-order valence-corrected chi connectivity index (χ3v) is 8.32. The quantitative estimate of drug-likeness (QED) is 0.404. The summed E-state index contributed by atoms with van der Waals surface area (Å²) in [6.07, 6.45) is 0. The van der Waals surface area contributed by atoms with Crippen LogP contribution in [0.3, 0.4) is 0 Å². The van der Waals surface area contributed by atoms with Crippen molar-refractivity contribution in [3.05, 3.63) is 58.4 Å². The van der Waals surface area contributed by atoms with Crippen LogP contribution in [0.2, 0.25) is 0 Å². The zero-order chi connectivity index (χ0) is 23.6. The van der Waals surface area contributed by atoms with Crippen molar-refractivity contribution in [3.63, 3.8) is 0 Å². The minimum atomic E-state index is -3.70. The number of aryl methyl sites for hydroxylation is 1. The third-order valence-electron chi connectivity index (χ3n) is 5.29. The molecule has 0 saturated carbocycles.